The lowest BCUT2D eigenvalue weighted by Gasteiger charge is -2.38. The zero-order chi connectivity index (χ0) is 34.8. The summed E-state index contributed by atoms with van der Waals surface area (Å²) in [6, 6.07) is 24.7. The van der Waals surface area contributed by atoms with Crippen LogP contribution in [0.15, 0.2) is 94.1 Å². The molecule has 256 valence electrons. The first-order valence-electron chi connectivity index (χ1n) is 16.8. The Morgan fingerprint density at radius 1 is 0.900 bits per heavy atom. The first-order chi connectivity index (χ1) is 24.3. The highest BCUT2D eigenvalue weighted by atomic mass is 16.5. The summed E-state index contributed by atoms with van der Waals surface area (Å²) in [5.41, 5.74) is 2.55. The van der Waals surface area contributed by atoms with E-state index < -0.39 is 17.4 Å². The van der Waals surface area contributed by atoms with Gasteiger partial charge in [-0.2, -0.15) is 0 Å². The van der Waals surface area contributed by atoms with Gasteiger partial charge in [-0.1, -0.05) is 60.7 Å². The molecule has 4 aromatic carbocycles. The third-order valence-corrected chi connectivity index (χ3v) is 9.57. The molecular formula is C39H38N4O7. The van der Waals surface area contributed by atoms with E-state index in [1.165, 1.54) is 19.2 Å². The molecule has 5 aromatic rings. The van der Waals surface area contributed by atoms with Crippen LogP contribution in [0.4, 0.5) is 5.69 Å². The minimum absolute atomic E-state index is 0.0696. The maximum Gasteiger partial charge on any atom is 0.287 e. The van der Waals surface area contributed by atoms with Crippen molar-refractivity contribution in [2.45, 2.75) is 31.8 Å². The van der Waals surface area contributed by atoms with E-state index in [4.69, 9.17) is 9.15 Å². The topological polar surface area (TPSA) is 133 Å². The number of ether oxygens (including phenoxy) is 1. The second kappa shape index (κ2) is 13.9. The van der Waals surface area contributed by atoms with Crippen molar-refractivity contribution in [1.29, 1.82) is 0 Å². The van der Waals surface area contributed by atoms with Gasteiger partial charge in [0, 0.05) is 69.9 Å². The van der Waals surface area contributed by atoms with Crippen LogP contribution in [0.2, 0.25) is 0 Å². The van der Waals surface area contributed by atoms with Crippen LogP contribution in [0, 0.1) is 0 Å². The van der Waals surface area contributed by atoms with E-state index in [1.807, 2.05) is 59.5 Å². The zero-order valence-electron chi connectivity index (χ0n) is 27.8. The van der Waals surface area contributed by atoms with E-state index in [2.05, 4.69) is 22.3 Å². The predicted octanol–water partition coefficient (Wildman–Crippen LogP) is 4.47. The third kappa shape index (κ3) is 6.71. The number of anilines is 1. The van der Waals surface area contributed by atoms with Crippen LogP contribution in [0.25, 0.3) is 21.7 Å². The third-order valence-electron chi connectivity index (χ3n) is 9.57. The molecule has 2 aliphatic heterocycles. The van der Waals surface area contributed by atoms with Crippen LogP contribution >= 0.6 is 0 Å². The highest BCUT2D eigenvalue weighted by Crippen LogP contribution is 2.30. The fourth-order valence-electron chi connectivity index (χ4n) is 6.90. The number of rotatable bonds is 9. The Hall–Kier alpha value is -5.84. The largest absolute Gasteiger partial charge is 0.504 e. The number of nitrogens with one attached hydrogen (secondary N) is 1. The lowest BCUT2D eigenvalue weighted by Crippen LogP contribution is -2.55. The monoisotopic (exact) mass is 674 g/mol. The van der Waals surface area contributed by atoms with Crippen LogP contribution < -0.4 is 20.4 Å². The number of phenols is 1. The van der Waals surface area contributed by atoms with Gasteiger partial charge in [-0.15, -0.1) is 0 Å². The van der Waals surface area contributed by atoms with Gasteiger partial charge in [0.1, 0.15) is 11.6 Å². The van der Waals surface area contributed by atoms with Crippen molar-refractivity contribution in [3.63, 3.8) is 0 Å². The maximum absolute atomic E-state index is 14.2. The second-order valence-corrected chi connectivity index (χ2v) is 12.8. The van der Waals surface area contributed by atoms with Gasteiger partial charge in [0.2, 0.25) is 11.8 Å². The van der Waals surface area contributed by atoms with Crippen LogP contribution in [-0.2, 0) is 22.6 Å². The first-order valence-corrected chi connectivity index (χ1v) is 16.8. The van der Waals surface area contributed by atoms with E-state index in [1.54, 1.807) is 4.90 Å². The van der Waals surface area contributed by atoms with Crippen molar-refractivity contribution in [2.75, 3.05) is 44.7 Å². The van der Waals surface area contributed by atoms with Crippen molar-refractivity contribution in [3.8, 4) is 11.5 Å². The van der Waals surface area contributed by atoms with E-state index in [0.29, 0.717) is 39.1 Å². The lowest BCUT2D eigenvalue weighted by molar-refractivity contribution is -0.133. The first kappa shape index (κ1) is 32.7. The smallest absolute Gasteiger partial charge is 0.287 e. The minimum atomic E-state index is -0.945. The number of hydrogen-bond acceptors (Lipinski definition) is 8. The van der Waals surface area contributed by atoms with Gasteiger partial charge in [-0.05, 0) is 40.5 Å². The average Bonchev–Trinajstić information content (AvgIpc) is 3.54. The summed E-state index contributed by atoms with van der Waals surface area (Å²) in [6.07, 6.45) is 1.69. The predicted molar refractivity (Wildman–Crippen MR) is 189 cm³/mol. The zero-order valence-corrected chi connectivity index (χ0v) is 27.8. The summed E-state index contributed by atoms with van der Waals surface area (Å²) in [6.45, 7) is 3.37. The number of para-hydroxylation sites is 1. The number of hydrogen-bond donors (Lipinski definition) is 2. The number of likely N-dealkylation sites (tertiary alicyclic amines) is 1. The molecule has 0 unspecified atom stereocenters. The SMILES string of the molecule is COc1cc2oc(C(=O)N[C@H](Cc3ccc4ccccc4c3)C(=O)N3CCN(c4ccccc4CN4CCCC4=O)CC3)cc(=O)c2cc1O. The summed E-state index contributed by atoms with van der Waals surface area (Å²) in [4.78, 5) is 59.1. The van der Waals surface area contributed by atoms with Gasteiger partial charge in [0.05, 0.1) is 12.5 Å². The lowest BCUT2D eigenvalue weighted by atomic mass is 10.0. The molecule has 50 heavy (non-hydrogen) atoms. The van der Waals surface area contributed by atoms with Gasteiger partial charge < -0.3 is 34.3 Å². The van der Waals surface area contributed by atoms with Gasteiger partial charge in [-0.3, -0.25) is 19.2 Å². The number of carbonyl (C=O) groups is 3. The number of amides is 3. The molecule has 3 heterocycles. The Kier molecular flexibility index (Phi) is 9.12. The molecule has 0 bridgehead atoms. The number of benzene rings is 4. The van der Waals surface area contributed by atoms with Crippen LogP contribution in [-0.4, -0.2) is 78.5 Å². The number of methoxy groups -OCH3 is 1. The maximum atomic E-state index is 14.2. The molecule has 2 fully saturated rings. The standard InChI is InChI=1S/C39H38N4O7/c1-49-35-23-34-29(21-33(35)45)32(44)22-36(50-34)38(47)40-30(20-25-12-13-26-7-2-3-8-27(26)19-25)39(48)42-17-15-41(16-18-42)31-10-5-4-9-28(31)24-43-14-6-11-37(43)46/h2-5,7-10,12-13,19,21-23,30,45H,6,11,14-18,20,24H2,1H3,(H,40,47)/t30-/m1/s1. The van der Waals surface area contributed by atoms with Gasteiger partial charge in [-0.25, -0.2) is 0 Å². The fraction of sp³-hybridized carbons (Fsp3) is 0.282. The van der Waals surface area contributed by atoms with Gasteiger partial charge >= 0.3 is 0 Å². The van der Waals surface area contributed by atoms with Crippen molar-refractivity contribution in [3.05, 3.63) is 112 Å². The Morgan fingerprint density at radius 2 is 1.66 bits per heavy atom. The van der Waals surface area contributed by atoms with Gasteiger partial charge in [0.15, 0.2) is 22.7 Å². The highest BCUT2D eigenvalue weighted by Gasteiger charge is 2.31. The summed E-state index contributed by atoms with van der Waals surface area (Å²) >= 11 is 0. The molecule has 2 N–H and O–H groups in total. The molecule has 0 saturated carbocycles. The molecule has 11 nitrogen and oxygen atoms in total. The number of carbonyl (C=O) groups excluding carboxylic acids is 3. The quantitative estimate of drug-likeness (QED) is 0.234. The molecule has 7 rings (SSSR count). The molecule has 0 radical (unpaired) electrons. The molecular weight excluding hydrogens is 636 g/mol. The Labute approximate surface area is 288 Å². The summed E-state index contributed by atoms with van der Waals surface area (Å²) < 4.78 is 11.0. The number of nitrogens with zero attached hydrogens (tertiary/aromatic N) is 3. The summed E-state index contributed by atoms with van der Waals surface area (Å²) in [5.74, 6) is -1.16. The van der Waals surface area contributed by atoms with Crippen molar-refractivity contribution in [2.24, 2.45) is 0 Å². The highest BCUT2D eigenvalue weighted by molar-refractivity contribution is 5.97. The number of aromatic hydroxyl groups is 1. The molecule has 1 atom stereocenters. The fourth-order valence-corrected chi connectivity index (χ4v) is 6.90. The van der Waals surface area contributed by atoms with Crippen molar-refractivity contribution >= 4 is 45.2 Å². The Morgan fingerprint density at radius 3 is 2.42 bits per heavy atom. The van der Waals surface area contributed by atoms with Crippen LogP contribution in [0.1, 0.15) is 34.5 Å². The molecule has 0 spiro atoms. The van der Waals surface area contributed by atoms with E-state index in [-0.39, 0.29) is 46.5 Å². The Balaban J connectivity index is 1.12. The normalized spacial score (nSPS) is 15.5. The van der Waals surface area contributed by atoms with E-state index in [9.17, 15) is 24.3 Å². The van der Waals surface area contributed by atoms with E-state index in [0.717, 1.165) is 46.6 Å². The minimum Gasteiger partial charge on any atom is -0.504 e. The molecule has 2 saturated heterocycles. The summed E-state index contributed by atoms with van der Waals surface area (Å²) in [5, 5.41) is 15.2. The van der Waals surface area contributed by atoms with Gasteiger partial charge in [0.25, 0.3) is 5.91 Å². The number of fused-ring (bicyclic) bond motifs is 2. The summed E-state index contributed by atoms with van der Waals surface area (Å²) in [7, 11) is 1.37. The number of phenolic OH excluding ortho intramolecular Hbond substituents is 1. The molecule has 1 aromatic heterocycles. The molecule has 0 aliphatic carbocycles. The Bertz CT molecular complexity index is 2150. The second-order valence-electron chi connectivity index (χ2n) is 12.8. The molecule has 3 amide bonds. The molecule has 2 aliphatic rings. The van der Waals surface area contributed by atoms with Crippen molar-refractivity contribution in [1.82, 2.24) is 15.1 Å². The van der Waals surface area contributed by atoms with Crippen LogP contribution in [0.5, 0.6) is 11.5 Å². The van der Waals surface area contributed by atoms with E-state index >= 15 is 0 Å². The number of piperazine rings is 1. The average molecular weight is 675 g/mol. The van der Waals surface area contributed by atoms with Crippen LogP contribution in [0.3, 0.4) is 0 Å². The molecule has 11 heteroatoms. The van der Waals surface area contributed by atoms with Crippen molar-refractivity contribution < 1.29 is 28.6 Å².